The Morgan fingerprint density at radius 3 is 2.82 bits per heavy atom. The highest BCUT2D eigenvalue weighted by Gasteiger charge is 2.22. The van der Waals surface area contributed by atoms with Crippen molar-refractivity contribution in [3.63, 3.8) is 0 Å². The van der Waals surface area contributed by atoms with Gasteiger partial charge >= 0.3 is 0 Å². The largest absolute Gasteiger partial charge is 0.313 e. The molecule has 0 bridgehead atoms. The number of nitrogens with one attached hydrogen (secondary N) is 2. The highest BCUT2D eigenvalue weighted by atomic mass is 32.2. The van der Waals surface area contributed by atoms with Crippen molar-refractivity contribution in [2.45, 2.75) is 51.1 Å². The zero-order valence-corrected chi connectivity index (χ0v) is 11.2. The van der Waals surface area contributed by atoms with Crippen LogP contribution in [0.15, 0.2) is 0 Å². The molecule has 0 aromatic rings. The van der Waals surface area contributed by atoms with Crippen molar-refractivity contribution in [2.75, 3.05) is 12.3 Å². The normalized spacial score (nSPS) is 22.9. The SMILES string of the molecule is C#CCC(CC)NS(=O)(=O)CC1CCCCN1. The number of sulfonamides is 1. The van der Waals surface area contributed by atoms with E-state index >= 15 is 0 Å². The van der Waals surface area contributed by atoms with Crippen LogP contribution in [-0.2, 0) is 10.0 Å². The Morgan fingerprint density at radius 1 is 1.53 bits per heavy atom. The van der Waals surface area contributed by atoms with E-state index in [1.54, 1.807) is 0 Å². The molecule has 17 heavy (non-hydrogen) atoms. The lowest BCUT2D eigenvalue weighted by atomic mass is 10.1. The molecule has 2 N–H and O–H groups in total. The van der Waals surface area contributed by atoms with E-state index in [9.17, 15) is 8.42 Å². The van der Waals surface area contributed by atoms with Crippen LogP contribution in [0.1, 0.15) is 39.0 Å². The maximum atomic E-state index is 11.9. The van der Waals surface area contributed by atoms with E-state index in [2.05, 4.69) is 16.0 Å². The van der Waals surface area contributed by atoms with Gasteiger partial charge in [-0.05, 0) is 25.8 Å². The molecule has 2 unspecified atom stereocenters. The predicted octanol–water partition coefficient (Wildman–Crippen LogP) is 0.850. The molecule has 0 spiro atoms. The molecule has 0 aromatic carbocycles. The molecule has 4 nitrogen and oxygen atoms in total. The Kier molecular flexibility index (Phi) is 5.96. The fourth-order valence-corrected chi connectivity index (χ4v) is 3.71. The van der Waals surface area contributed by atoms with Crippen LogP contribution in [0, 0.1) is 12.3 Å². The average Bonchev–Trinajstić information content (AvgIpc) is 2.29. The van der Waals surface area contributed by atoms with Crippen molar-refractivity contribution in [3.8, 4) is 12.3 Å². The Labute approximate surface area is 105 Å². The molecule has 1 aliphatic rings. The molecular weight excluding hydrogens is 236 g/mol. The van der Waals surface area contributed by atoms with Crippen molar-refractivity contribution >= 4 is 10.0 Å². The fourth-order valence-electron chi connectivity index (χ4n) is 2.04. The Hall–Kier alpha value is -0.570. The first kappa shape index (κ1) is 14.5. The zero-order valence-electron chi connectivity index (χ0n) is 10.4. The van der Waals surface area contributed by atoms with Crippen molar-refractivity contribution < 1.29 is 8.42 Å². The van der Waals surface area contributed by atoms with Gasteiger partial charge in [-0.15, -0.1) is 12.3 Å². The summed E-state index contributed by atoms with van der Waals surface area (Å²) in [5, 5.41) is 3.24. The third-order valence-corrected chi connectivity index (χ3v) is 4.57. The Morgan fingerprint density at radius 2 is 2.29 bits per heavy atom. The van der Waals surface area contributed by atoms with E-state index < -0.39 is 10.0 Å². The van der Waals surface area contributed by atoms with Gasteiger partial charge in [0.25, 0.3) is 0 Å². The number of piperidine rings is 1. The van der Waals surface area contributed by atoms with Gasteiger partial charge < -0.3 is 5.32 Å². The molecule has 0 aromatic heterocycles. The number of hydrogen-bond acceptors (Lipinski definition) is 3. The second kappa shape index (κ2) is 7.00. The first-order chi connectivity index (χ1) is 8.07. The minimum atomic E-state index is -3.22. The topological polar surface area (TPSA) is 58.2 Å². The summed E-state index contributed by atoms with van der Waals surface area (Å²) in [6.45, 7) is 2.85. The first-order valence-electron chi connectivity index (χ1n) is 6.24. The molecule has 5 heteroatoms. The third-order valence-electron chi connectivity index (χ3n) is 3.04. The summed E-state index contributed by atoms with van der Waals surface area (Å²) < 4.78 is 26.5. The quantitative estimate of drug-likeness (QED) is 0.694. The highest BCUT2D eigenvalue weighted by Crippen LogP contribution is 2.09. The van der Waals surface area contributed by atoms with Crippen molar-refractivity contribution in [1.29, 1.82) is 0 Å². The lowest BCUT2D eigenvalue weighted by Crippen LogP contribution is -2.45. The summed E-state index contributed by atoms with van der Waals surface area (Å²) >= 11 is 0. The molecule has 1 rings (SSSR count). The smallest absolute Gasteiger partial charge is 0.213 e. The van der Waals surface area contributed by atoms with Crippen LogP contribution in [0.4, 0.5) is 0 Å². The van der Waals surface area contributed by atoms with Crippen LogP contribution < -0.4 is 10.0 Å². The highest BCUT2D eigenvalue weighted by molar-refractivity contribution is 7.89. The summed E-state index contributed by atoms with van der Waals surface area (Å²) in [7, 11) is -3.22. The van der Waals surface area contributed by atoms with Gasteiger partial charge in [0.2, 0.25) is 10.0 Å². The first-order valence-corrected chi connectivity index (χ1v) is 7.89. The summed E-state index contributed by atoms with van der Waals surface area (Å²) in [6.07, 6.45) is 9.57. The summed E-state index contributed by atoms with van der Waals surface area (Å²) in [6, 6.07) is -0.0433. The fraction of sp³-hybridized carbons (Fsp3) is 0.833. The minimum Gasteiger partial charge on any atom is -0.313 e. The second-order valence-corrected chi connectivity index (χ2v) is 6.36. The predicted molar refractivity (Wildman–Crippen MR) is 70.1 cm³/mol. The number of rotatable bonds is 6. The van der Waals surface area contributed by atoms with Gasteiger partial charge in [-0.3, -0.25) is 0 Å². The number of hydrogen-bond donors (Lipinski definition) is 2. The Balaban J connectivity index is 2.46. The number of terminal acetylenes is 1. The van der Waals surface area contributed by atoms with Gasteiger partial charge in [0.1, 0.15) is 0 Å². The van der Waals surface area contributed by atoms with E-state index in [1.165, 1.54) is 0 Å². The molecule has 98 valence electrons. The van der Waals surface area contributed by atoms with Crippen LogP contribution in [0.3, 0.4) is 0 Å². The summed E-state index contributed by atoms with van der Waals surface area (Å²) in [5.41, 5.74) is 0. The molecule has 0 radical (unpaired) electrons. The van der Waals surface area contributed by atoms with Crippen LogP contribution in [0.5, 0.6) is 0 Å². The van der Waals surface area contributed by atoms with E-state index in [-0.39, 0.29) is 17.8 Å². The maximum Gasteiger partial charge on any atom is 0.213 e. The van der Waals surface area contributed by atoms with E-state index in [0.717, 1.165) is 32.2 Å². The molecule has 0 aliphatic carbocycles. The molecule has 1 saturated heterocycles. The second-order valence-electron chi connectivity index (χ2n) is 4.56. The van der Waals surface area contributed by atoms with Gasteiger partial charge in [-0.2, -0.15) is 0 Å². The lowest BCUT2D eigenvalue weighted by Gasteiger charge is -2.24. The molecule has 2 atom stereocenters. The van der Waals surface area contributed by atoms with Crippen LogP contribution in [0.25, 0.3) is 0 Å². The van der Waals surface area contributed by atoms with Crippen molar-refractivity contribution in [2.24, 2.45) is 0 Å². The minimum absolute atomic E-state index is 0.0876. The van der Waals surface area contributed by atoms with Gasteiger partial charge in [0.15, 0.2) is 0 Å². The molecule has 1 aliphatic heterocycles. The van der Waals surface area contributed by atoms with Crippen molar-refractivity contribution in [1.82, 2.24) is 10.0 Å². The molecule has 1 fully saturated rings. The Bertz CT molecular complexity index is 353. The average molecular weight is 258 g/mol. The molecular formula is C12H22N2O2S. The maximum absolute atomic E-state index is 11.9. The zero-order chi connectivity index (χ0) is 12.7. The summed E-state index contributed by atoms with van der Waals surface area (Å²) in [5.74, 6) is 2.66. The van der Waals surface area contributed by atoms with Crippen LogP contribution in [0.2, 0.25) is 0 Å². The molecule has 0 saturated carbocycles. The third kappa shape index (κ3) is 5.53. The summed E-state index contributed by atoms with van der Waals surface area (Å²) in [4.78, 5) is 0. The molecule has 1 heterocycles. The van der Waals surface area contributed by atoms with Crippen molar-refractivity contribution in [3.05, 3.63) is 0 Å². The van der Waals surface area contributed by atoms with Crippen LogP contribution >= 0.6 is 0 Å². The standard InChI is InChI=1S/C12H22N2O2S/c1-3-7-11(4-2)14-17(15,16)10-12-8-5-6-9-13-12/h1,11-14H,4-10H2,2H3. The van der Waals surface area contributed by atoms with E-state index in [0.29, 0.717) is 6.42 Å². The lowest BCUT2D eigenvalue weighted by molar-refractivity contribution is 0.421. The molecule has 0 amide bonds. The van der Waals surface area contributed by atoms with Gasteiger partial charge in [0, 0.05) is 18.5 Å². The van der Waals surface area contributed by atoms with E-state index in [1.807, 2.05) is 6.92 Å². The monoisotopic (exact) mass is 258 g/mol. The van der Waals surface area contributed by atoms with Gasteiger partial charge in [-0.25, -0.2) is 13.1 Å². The van der Waals surface area contributed by atoms with Gasteiger partial charge in [0.05, 0.1) is 5.75 Å². The van der Waals surface area contributed by atoms with Crippen LogP contribution in [-0.4, -0.2) is 32.8 Å². The van der Waals surface area contributed by atoms with E-state index in [4.69, 9.17) is 6.42 Å². The van der Waals surface area contributed by atoms with Gasteiger partial charge in [-0.1, -0.05) is 13.3 Å².